The third kappa shape index (κ3) is 5.05. The molecule has 32 heavy (non-hydrogen) atoms. The molecule has 3 rings (SSSR count). The number of nitrogens with zero attached hydrogens (tertiary/aromatic N) is 3. The number of nitrogens with one attached hydrogen (secondary N) is 1. The fraction of sp³-hybridized carbons (Fsp3) is 0.348. The van der Waals surface area contributed by atoms with Gasteiger partial charge in [-0.2, -0.15) is 9.41 Å². The molecule has 2 aromatic carbocycles. The smallest absolute Gasteiger partial charge is 0.267 e. The second-order valence-electron chi connectivity index (χ2n) is 8.00. The number of anilines is 1. The third-order valence-corrected chi connectivity index (χ3v) is 7.49. The lowest BCUT2D eigenvalue weighted by atomic mass is 10.1. The Morgan fingerprint density at radius 1 is 1.12 bits per heavy atom. The van der Waals surface area contributed by atoms with Gasteiger partial charge in [-0.3, -0.25) is 14.6 Å². The SMILES string of the molecule is CC(=O)C1CC(C(=O)NCc2ccc(S(=O)(=O)N(C)C(C)C)cc2)=NN1c1ccccc1. The molecule has 8 nitrogen and oxygen atoms in total. The Balaban J connectivity index is 1.67. The maximum absolute atomic E-state index is 12.7. The quantitative estimate of drug-likeness (QED) is 0.658. The summed E-state index contributed by atoms with van der Waals surface area (Å²) in [4.78, 5) is 25.0. The van der Waals surface area contributed by atoms with E-state index >= 15 is 0 Å². The molecule has 0 saturated heterocycles. The van der Waals surface area contributed by atoms with Gasteiger partial charge in [0.2, 0.25) is 10.0 Å². The van der Waals surface area contributed by atoms with E-state index in [4.69, 9.17) is 0 Å². The van der Waals surface area contributed by atoms with E-state index in [-0.39, 0.29) is 41.3 Å². The molecule has 1 amide bonds. The Hall–Kier alpha value is -3.04. The number of hydrazone groups is 1. The van der Waals surface area contributed by atoms with E-state index in [2.05, 4.69) is 10.4 Å². The van der Waals surface area contributed by atoms with Crippen LogP contribution in [0.1, 0.15) is 32.8 Å². The predicted octanol–water partition coefficient (Wildman–Crippen LogP) is 2.56. The van der Waals surface area contributed by atoms with Crippen molar-refractivity contribution in [3.8, 4) is 0 Å². The number of carbonyl (C=O) groups is 2. The van der Waals surface area contributed by atoms with Gasteiger partial charge in [0.1, 0.15) is 11.8 Å². The highest BCUT2D eigenvalue weighted by Gasteiger charge is 2.34. The molecular weight excluding hydrogens is 428 g/mol. The standard InChI is InChI=1S/C23H28N4O4S/c1-16(2)26(4)32(30,31)20-12-10-18(11-13-20)15-24-23(29)21-14-22(17(3)28)27(25-21)19-8-6-5-7-9-19/h5-13,16,22H,14-15H2,1-4H3,(H,24,29). The van der Waals surface area contributed by atoms with Gasteiger partial charge in [0, 0.05) is 26.1 Å². The number of ketones is 1. The Morgan fingerprint density at radius 2 is 1.75 bits per heavy atom. The first-order valence-corrected chi connectivity index (χ1v) is 11.8. The molecule has 0 bridgehead atoms. The zero-order valence-corrected chi connectivity index (χ0v) is 19.5. The number of hydrogen-bond donors (Lipinski definition) is 1. The van der Waals surface area contributed by atoms with Crippen LogP contribution in [0.2, 0.25) is 0 Å². The summed E-state index contributed by atoms with van der Waals surface area (Å²) in [6.45, 7) is 5.32. The van der Waals surface area contributed by atoms with Crippen LogP contribution in [-0.4, -0.2) is 49.3 Å². The fourth-order valence-electron chi connectivity index (χ4n) is 3.29. The van der Waals surface area contributed by atoms with Crippen molar-refractivity contribution in [3.63, 3.8) is 0 Å². The van der Waals surface area contributed by atoms with Crippen molar-refractivity contribution in [2.75, 3.05) is 12.1 Å². The highest BCUT2D eigenvalue weighted by Crippen LogP contribution is 2.25. The highest BCUT2D eigenvalue weighted by molar-refractivity contribution is 7.89. The maximum atomic E-state index is 12.7. The zero-order chi connectivity index (χ0) is 23.5. The van der Waals surface area contributed by atoms with Crippen molar-refractivity contribution < 1.29 is 18.0 Å². The van der Waals surface area contributed by atoms with E-state index in [1.54, 1.807) is 24.2 Å². The number of para-hydroxylation sites is 1. The molecule has 1 aliphatic heterocycles. The van der Waals surface area contributed by atoms with Gasteiger partial charge in [0.05, 0.1) is 10.6 Å². The molecule has 2 aromatic rings. The summed E-state index contributed by atoms with van der Waals surface area (Å²) in [5.41, 5.74) is 1.79. The van der Waals surface area contributed by atoms with Crippen LogP contribution in [0.5, 0.6) is 0 Å². The van der Waals surface area contributed by atoms with Crippen molar-refractivity contribution in [1.29, 1.82) is 0 Å². The number of benzene rings is 2. The predicted molar refractivity (Wildman–Crippen MR) is 124 cm³/mol. The number of amides is 1. The summed E-state index contributed by atoms with van der Waals surface area (Å²) in [6.07, 6.45) is 0.231. The first-order chi connectivity index (χ1) is 15.1. The average Bonchev–Trinajstić information content (AvgIpc) is 3.24. The lowest BCUT2D eigenvalue weighted by molar-refractivity contribution is -0.118. The molecule has 9 heteroatoms. The average molecular weight is 457 g/mol. The van der Waals surface area contributed by atoms with Crippen molar-refractivity contribution >= 4 is 33.1 Å². The van der Waals surface area contributed by atoms with Crippen molar-refractivity contribution in [3.05, 3.63) is 60.2 Å². The number of sulfonamides is 1. The molecule has 1 aliphatic rings. The minimum absolute atomic E-state index is 0.0661. The van der Waals surface area contributed by atoms with Gasteiger partial charge in [-0.15, -0.1) is 0 Å². The number of rotatable bonds is 8. The highest BCUT2D eigenvalue weighted by atomic mass is 32.2. The molecular formula is C23H28N4O4S. The van der Waals surface area contributed by atoms with E-state index < -0.39 is 16.1 Å². The molecule has 0 spiro atoms. The topological polar surface area (TPSA) is 99.1 Å². The van der Waals surface area contributed by atoms with Gasteiger partial charge < -0.3 is 5.32 Å². The van der Waals surface area contributed by atoms with Gasteiger partial charge in [0.25, 0.3) is 5.91 Å². The van der Waals surface area contributed by atoms with Crippen LogP contribution >= 0.6 is 0 Å². The summed E-state index contributed by atoms with van der Waals surface area (Å²) < 4.78 is 26.4. The first-order valence-electron chi connectivity index (χ1n) is 10.4. The number of carbonyl (C=O) groups excluding carboxylic acids is 2. The summed E-state index contributed by atoms with van der Waals surface area (Å²) in [5.74, 6) is -0.422. The van der Waals surface area contributed by atoms with E-state index in [9.17, 15) is 18.0 Å². The molecule has 1 atom stereocenters. The Labute approximate surface area is 189 Å². The second kappa shape index (κ2) is 9.62. The van der Waals surface area contributed by atoms with Crippen LogP contribution in [0.15, 0.2) is 64.6 Å². The summed E-state index contributed by atoms with van der Waals surface area (Å²) in [6, 6.07) is 15.0. The van der Waals surface area contributed by atoms with Crippen molar-refractivity contribution in [1.82, 2.24) is 9.62 Å². The van der Waals surface area contributed by atoms with Crippen LogP contribution in [-0.2, 0) is 26.2 Å². The van der Waals surface area contributed by atoms with Crippen LogP contribution in [0.25, 0.3) is 0 Å². The van der Waals surface area contributed by atoms with Gasteiger partial charge in [0.15, 0.2) is 5.78 Å². The molecule has 0 aromatic heterocycles. The van der Waals surface area contributed by atoms with E-state index in [0.29, 0.717) is 0 Å². The minimum atomic E-state index is -3.56. The Bertz CT molecular complexity index is 1110. The van der Waals surface area contributed by atoms with E-state index in [1.165, 1.54) is 23.4 Å². The van der Waals surface area contributed by atoms with Crippen molar-refractivity contribution in [2.45, 2.75) is 50.7 Å². The number of Topliss-reactive ketones (excluding diaryl/α,β-unsaturated/α-hetero) is 1. The van der Waals surface area contributed by atoms with Crippen LogP contribution in [0.4, 0.5) is 5.69 Å². The lowest BCUT2D eigenvalue weighted by Gasteiger charge is -2.21. The van der Waals surface area contributed by atoms with Gasteiger partial charge in [-0.25, -0.2) is 8.42 Å². The van der Waals surface area contributed by atoms with Crippen molar-refractivity contribution in [2.24, 2.45) is 5.10 Å². The molecule has 170 valence electrons. The summed E-state index contributed by atoms with van der Waals surface area (Å²) in [5, 5.41) is 8.78. The monoisotopic (exact) mass is 456 g/mol. The molecule has 0 aliphatic carbocycles. The summed E-state index contributed by atoms with van der Waals surface area (Å²) in [7, 11) is -2.01. The summed E-state index contributed by atoms with van der Waals surface area (Å²) >= 11 is 0. The molecule has 1 heterocycles. The Morgan fingerprint density at radius 3 is 2.31 bits per heavy atom. The van der Waals surface area contributed by atoms with Gasteiger partial charge >= 0.3 is 0 Å². The van der Waals surface area contributed by atoms with Gasteiger partial charge in [-0.05, 0) is 50.6 Å². The second-order valence-corrected chi connectivity index (χ2v) is 10.00. The largest absolute Gasteiger partial charge is 0.347 e. The fourth-order valence-corrected chi connectivity index (χ4v) is 4.66. The van der Waals surface area contributed by atoms with Crippen LogP contribution < -0.4 is 10.3 Å². The zero-order valence-electron chi connectivity index (χ0n) is 18.6. The van der Waals surface area contributed by atoms with Crippen LogP contribution in [0, 0.1) is 0 Å². The van der Waals surface area contributed by atoms with E-state index in [0.717, 1.165) is 11.3 Å². The van der Waals surface area contributed by atoms with E-state index in [1.807, 2.05) is 44.2 Å². The molecule has 0 radical (unpaired) electrons. The Kier molecular flexibility index (Phi) is 7.10. The minimum Gasteiger partial charge on any atom is -0.347 e. The third-order valence-electron chi connectivity index (χ3n) is 5.44. The maximum Gasteiger partial charge on any atom is 0.267 e. The van der Waals surface area contributed by atoms with Gasteiger partial charge in [-0.1, -0.05) is 30.3 Å². The lowest BCUT2D eigenvalue weighted by Crippen LogP contribution is -2.34. The molecule has 0 fully saturated rings. The number of hydrogen-bond acceptors (Lipinski definition) is 6. The normalized spacial score (nSPS) is 16.4. The molecule has 0 saturated carbocycles. The molecule has 1 N–H and O–H groups in total. The molecule has 1 unspecified atom stereocenters. The first kappa shape index (κ1) is 23.6. The van der Waals surface area contributed by atoms with Crippen LogP contribution in [0.3, 0.4) is 0 Å².